The van der Waals surface area contributed by atoms with Crippen LogP contribution in [0.1, 0.15) is 47.3 Å². The molecule has 0 atom stereocenters. The van der Waals surface area contributed by atoms with Crippen LogP contribution < -0.4 is 16.0 Å². The second-order valence-electron chi connectivity index (χ2n) is 8.71. The molecule has 224 valence electrons. The highest BCUT2D eigenvalue weighted by Crippen LogP contribution is 2.43. The molecule has 3 aromatic rings. The first-order chi connectivity index (χ1) is 20.2. The largest absolute Gasteiger partial charge is 0.507 e. The number of phenolic OH excluding ortho intramolecular Hbond substituents is 1. The van der Waals surface area contributed by atoms with Gasteiger partial charge in [-0.15, -0.1) is 0 Å². The van der Waals surface area contributed by atoms with Gasteiger partial charge in [0.1, 0.15) is 11.5 Å². The SMILES string of the molecule is CCC(=O)Nc1cc(O)c(C(=N)C=O)cc1-c1ccc(NC(C)=O)cc1C(F)(F)F.CNc1ccc(C#N)cc1C(=O)O. The predicted molar refractivity (Wildman–Crippen MR) is 152 cm³/mol. The number of nitrogens with one attached hydrogen (secondary N) is 4. The fourth-order valence-electron chi connectivity index (χ4n) is 3.74. The van der Waals surface area contributed by atoms with E-state index in [9.17, 15) is 37.5 Å². The van der Waals surface area contributed by atoms with Crippen molar-refractivity contribution in [3.8, 4) is 22.9 Å². The summed E-state index contributed by atoms with van der Waals surface area (Å²) in [5.74, 6) is -2.66. The minimum Gasteiger partial charge on any atom is -0.507 e. The zero-order valence-corrected chi connectivity index (χ0v) is 23.0. The number of aldehydes is 1. The second-order valence-corrected chi connectivity index (χ2v) is 8.71. The minimum absolute atomic E-state index is 0.0275. The molecule has 0 heterocycles. The maximum atomic E-state index is 13.8. The molecule has 0 aliphatic heterocycles. The molecule has 0 fully saturated rings. The number of carboxylic acids is 1. The van der Waals surface area contributed by atoms with Gasteiger partial charge in [-0.1, -0.05) is 13.0 Å². The summed E-state index contributed by atoms with van der Waals surface area (Å²) in [6.45, 7) is 2.69. The fraction of sp³-hybridized carbons (Fsp3) is 0.172. The van der Waals surface area contributed by atoms with E-state index < -0.39 is 41.0 Å². The number of nitrogens with zero attached hydrogens (tertiary/aromatic N) is 1. The van der Waals surface area contributed by atoms with Gasteiger partial charge in [0.2, 0.25) is 11.8 Å². The fourth-order valence-corrected chi connectivity index (χ4v) is 3.74. The third kappa shape index (κ3) is 8.64. The molecule has 3 rings (SSSR count). The third-order valence-corrected chi connectivity index (χ3v) is 5.72. The van der Waals surface area contributed by atoms with Gasteiger partial charge in [0.25, 0.3) is 0 Å². The first-order valence-electron chi connectivity index (χ1n) is 12.3. The summed E-state index contributed by atoms with van der Waals surface area (Å²) >= 11 is 0. The Balaban J connectivity index is 0.000000413. The van der Waals surface area contributed by atoms with Crippen LogP contribution in [0.5, 0.6) is 5.75 Å². The number of nitriles is 1. The molecular formula is C29H26F3N5O6. The highest BCUT2D eigenvalue weighted by atomic mass is 19.4. The molecule has 0 aromatic heterocycles. The molecule has 0 spiro atoms. The van der Waals surface area contributed by atoms with E-state index in [2.05, 4.69) is 16.0 Å². The van der Waals surface area contributed by atoms with Gasteiger partial charge in [0.05, 0.1) is 28.4 Å². The molecule has 11 nitrogen and oxygen atoms in total. The third-order valence-electron chi connectivity index (χ3n) is 5.72. The van der Waals surface area contributed by atoms with Gasteiger partial charge >= 0.3 is 12.1 Å². The average molecular weight is 598 g/mol. The molecule has 0 aliphatic rings. The first-order valence-corrected chi connectivity index (χ1v) is 12.3. The summed E-state index contributed by atoms with van der Waals surface area (Å²) in [7, 11) is 1.63. The molecule has 0 aliphatic carbocycles. The number of hydrogen-bond acceptors (Lipinski definition) is 8. The van der Waals surface area contributed by atoms with E-state index in [-0.39, 0.29) is 46.3 Å². The number of phenols is 1. The highest BCUT2D eigenvalue weighted by Gasteiger charge is 2.35. The molecule has 0 saturated carbocycles. The van der Waals surface area contributed by atoms with Crippen LogP contribution in [0.2, 0.25) is 0 Å². The molecule has 0 unspecified atom stereocenters. The van der Waals surface area contributed by atoms with Gasteiger partial charge in [-0.05, 0) is 42.0 Å². The monoisotopic (exact) mass is 597 g/mol. The number of aromatic hydroxyl groups is 1. The maximum Gasteiger partial charge on any atom is 0.417 e. The van der Waals surface area contributed by atoms with Gasteiger partial charge in [-0.3, -0.25) is 19.8 Å². The standard InChI is InChI=1S/C20H18F3N3O4.C9H8N2O2/c1-3-19(30)26-17-8-18(29)14(16(24)9-27)7-13(17)12-5-4-11(25-10(2)28)6-15(12)20(21,22)23;1-11-8-3-2-6(5-10)4-7(8)9(12)13/h4-9,24,29H,3H2,1-2H3,(H,25,28)(H,26,30);2-4,11H,1H3,(H,12,13). The van der Waals surface area contributed by atoms with Crippen molar-refractivity contribution in [3.63, 3.8) is 0 Å². The van der Waals surface area contributed by atoms with Crippen LogP contribution >= 0.6 is 0 Å². The number of carbonyl (C=O) groups is 4. The summed E-state index contributed by atoms with van der Waals surface area (Å²) in [6.07, 6.45) is -4.67. The van der Waals surface area contributed by atoms with Crippen LogP contribution in [-0.4, -0.2) is 47.0 Å². The number of benzene rings is 3. The maximum absolute atomic E-state index is 13.8. The summed E-state index contributed by atoms with van der Waals surface area (Å²) in [5.41, 5.74) is -1.84. The van der Waals surface area contributed by atoms with E-state index in [1.807, 2.05) is 6.07 Å². The Morgan fingerprint density at radius 3 is 2.19 bits per heavy atom. The van der Waals surface area contributed by atoms with Crippen molar-refractivity contribution in [1.29, 1.82) is 10.7 Å². The van der Waals surface area contributed by atoms with Crippen molar-refractivity contribution in [2.45, 2.75) is 26.4 Å². The van der Waals surface area contributed by atoms with Crippen molar-refractivity contribution in [3.05, 3.63) is 70.8 Å². The van der Waals surface area contributed by atoms with E-state index in [4.69, 9.17) is 15.8 Å². The lowest BCUT2D eigenvalue weighted by atomic mass is 9.93. The van der Waals surface area contributed by atoms with Crippen molar-refractivity contribution in [2.24, 2.45) is 0 Å². The summed E-state index contributed by atoms with van der Waals surface area (Å²) in [4.78, 5) is 44.7. The van der Waals surface area contributed by atoms with E-state index in [1.165, 1.54) is 19.1 Å². The Hall–Kier alpha value is -5.71. The summed E-state index contributed by atoms with van der Waals surface area (Å²) < 4.78 is 41.3. The number of aromatic carboxylic acids is 1. The second kappa shape index (κ2) is 14.3. The number of carbonyl (C=O) groups excluding carboxylic acids is 3. The van der Waals surface area contributed by atoms with Crippen molar-refractivity contribution >= 4 is 46.8 Å². The molecule has 43 heavy (non-hydrogen) atoms. The molecule has 3 aromatic carbocycles. The molecule has 0 saturated heterocycles. The normalized spacial score (nSPS) is 10.3. The molecular weight excluding hydrogens is 571 g/mol. The summed E-state index contributed by atoms with van der Waals surface area (Å²) in [5, 5.41) is 42.5. The van der Waals surface area contributed by atoms with Crippen LogP contribution in [-0.2, 0) is 20.6 Å². The number of anilines is 3. The number of alkyl halides is 3. The van der Waals surface area contributed by atoms with Crippen LogP contribution in [0.4, 0.5) is 30.2 Å². The Labute approximate surface area is 243 Å². The summed E-state index contributed by atoms with van der Waals surface area (Å²) in [6, 6.07) is 11.4. The van der Waals surface area contributed by atoms with Crippen LogP contribution in [0.3, 0.4) is 0 Å². The first kappa shape index (κ1) is 33.5. The van der Waals surface area contributed by atoms with Crippen molar-refractivity contribution < 1.29 is 42.6 Å². The Morgan fingerprint density at radius 2 is 1.67 bits per heavy atom. The molecule has 0 bridgehead atoms. The number of rotatable bonds is 8. The predicted octanol–water partition coefficient (Wildman–Crippen LogP) is 5.25. The van der Waals surface area contributed by atoms with Gasteiger partial charge < -0.3 is 26.2 Å². The van der Waals surface area contributed by atoms with E-state index in [0.29, 0.717) is 11.3 Å². The lowest BCUT2D eigenvalue weighted by Gasteiger charge is -2.19. The van der Waals surface area contributed by atoms with Crippen molar-refractivity contribution in [1.82, 2.24) is 0 Å². The zero-order valence-electron chi connectivity index (χ0n) is 23.0. The topological polar surface area (TPSA) is 192 Å². The molecule has 2 amide bonds. The molecule has 14 heteroatoms. The van der Waals surface area contributed by atoms with Crippen LogP contribution in [0.25, 0.3) is 11.1 Å². The van der Waals surface area contributed by atoms with E-state index >= 15 is 0 Å². The number of amides is 2. The lowest BCUT2D eigenvalue weighted by molar-refractivity contribution is -0.137. The Bertz CT molecular complexity index is 1630. The average Bonchev–Trinajstić information content (AvgIpc) is 2.96. The van der Waals surface area contributed by atoms with Gasteiger partial charge in [-0.25, -0.2) is 4.79 Å². The Morgan fingerprint density at radius 1 is 1.00 bits per heavy atom. The number of hydrogen-bond donors (Lipinski definition) is 6. The van der Waals surface area contributed by atoms with E-state index in [0.717, 1.165) is 31.2 Å². The van der Waals surface area contributed by atoms with Crippen molar-refractivity contribution in [2.75, 3.05) is 23.0 Å². The molecule has 6 N–H and O–H groups in total. The zero-order chi connectivity index (χ0) is 32.5. The lowest BCUT2D eigenvalue weighted by Crippen LogP contribution is -2.14. The van der Waals surface area contributed by atoms with E-state index in [1.54, 1.807) is 19.2 Å². The number of halogens is 3. The Kier molecular flexibility index (Phi) is 11.1. The minimum atomic E-state index is -4.83. The highest BCUT2D eigenvalue weighted by molar-refractivity contribution is 6.35. The molecule has 0 radical (unpaired) electrons. The van der Waals surface area contributed by atoms with Crippen LogP contribution in [0.15, 0.2) is 48.5 Å². The smallest absolute Gasteiger partial charge is 0.417 e. The van der Waals surface area contributed by atoms with Crippen LogP contribution in [0, 0.1) is 16.7 Å². The number of carboxylic acid groups (broad SMARTS) is 1. The van der Waals surface area contributed by atoms with Gasteiger partial charge in [0.15, 0.2) is 6.29 Å². The van der Waals surface area contributed by atoms with Gasteiger partial charge in [0, 0.05) is 49.0 Å². The quantitative estimate of drug-likeness (QED) is 0.150. The van der Waals surface area contributed by atoms with Gasteiger partial charge in [-0.2, -0.15) is 18.4 Å².